The van der Waals surface area contributed by atoms with Crippen LogP contribution in [0, 0.1) is 5.41 Å². The van der Waals surface area contributed by atoms with Gasteiger partial charge in [-0.05, 0) is 56.3 Å². The molecule has 3 heteroatoms. The van der Waals surface area contributed by atoms with E-state index in [9.17, 15) is 0 Å². The normalized spacial score (nSPS) is 19.5. The highest BCUT2D eigenvalue weighted by molar-refractivity contribution is 6.36. The molecule has 1 aliphatic carbocycles. The Bertz CT molecular complexity index is 365. The molecule has 0 heterocycles. The van der Waals surface area contributed by atoms with Gasteiger partial charge in [-0.25, -0.2) is 0 Å². The second kappa shape index (κ2) is 4.56. The molecule has 2 rings (SSSR count). The zero-order valence-corrected chi connectivity index (χ0v) is 11.2. The third-order valence-electron chi connectivity index (χ3n) is 3.83. The summed E-state index contributed by atoms with van der Waals surface area (Å²) >= 11 is 12.4. The van der Waals surface area contributed by atoms with Gasteiger partial charge in [0.25, 0.3) is 0 Å². The van der Waals surface area contributed by atoms with E-state index in [0.717, 1.165) is 22.0 Å². The Hall–Kier alpha value is -0.240. The molecule has 0 aliphatic heterocycles. The van der Waals surface area contributed by atoms with Crippen LogP contribution in [0.3, 0.4) is 0 Å². The second-order valence-corrected chi connectivity index (χ2v) is 5.56. The maximum Gasteiger partial charge on any atom is 0.0453 e. The molecule has 88 valence electrons. The zero-order valence-electron chi connectivity index (χ0n) is 9.69. The van der Waals surface area contributed by atoms with Crippen molar-refractivity contribution in [3.8, 4) is 0 Å². The lowest BCUT2D eigenvalue weighted by Crippen LogP contribution is -2.33. The topological polar surface area (TPSA) is 12.0 Å². The second-order valence-electron chi connectivity index (χ2n) is 4.75. The monoisotopic (exact) mass is 257 g/mol. The van der Waals surface area contributed by atoms with Crippen molar-refractivity contribution in [2.24, 2.45) is 5.41 Å². The lowest BCUT2D eigenvalue weighted by molar-refractivity contribution is 0.369. The molecule has 0 aromatic heterocycles. The Kier molecular flexibility index (Phi) is 3.48. The molecular weight excluding hydrogens is 241 g/mol. The summed E-state index contributed by atoms with van der Waals surface area (Å²) in [7, 11) is 2.01. The van der Waals surface area contributed by atoms with E-state index in [2.05, 4.69) is 12.2 Å². The molecule has 0 radical (unpaired) electrons. The molecule has 16 heavy (non-hydrogen) atoms. The molecule has 1 aromatic rings. The van der Waals surface area contributed by atoms with Crippen molar-refractivity contribution in [1.29, 1.82) is 0 Å². The predicted molar refractivity (Wildman–Crippen MR) is 70.4 cm³/mol. The highest BCUT2D eigenvalue weighted by atomic mass is 35.5. The van der Waals surface area contributed by atoms with Crippen molar-refractivity contribution in [3.63, 3.8) is 0 Å². The fourth-order valence-electron chi connectivity index (χ4n) is 2.28. The van der Waals surface area contributed by atoms with Crippen LogP contribution in [0.2, 0.25) is 10.0 Å². The van der Waals surface area contributed by atoms with E-state index in [1.165, 1.54) is 12.8 Å². The summed E-state index contributed by atoms with van der Waals surface area (Å²) in [6.45, 7) is 2.23. The van der Waals surface area contributed by atoms with Crippen molar-refractivity contribution >= 4 is 23.2 Å². The molecule has 0 amide bonds. The number of halogens is 2. The summed E-state index contributed by atoms with van der Waals surface area (Å²) in [5, 5.41) is 4.93. The van der Waals surface area contributed by atoms with Gasteiger partial charge >= 0.3 is 0 Å². The maximum atomic E-state index is 6.21. The first-order chi connectivity index (χ1) is 7.59. The highest BCUT2D eigenvalue weighted by Crippen LogP contribution is 2.52. The molecule has 1 N–H and O–H groups in total. The zero-order chi connectivity index (χ0) is 11.8. The van der Waals surface area contributed by atoms with Crippen LogP contribution in [-0.4, -0.2) is 13.1 Å². The van der Waals surface area contributed by atoms with Crippen LogP contribution >= 0.6 is 23.2 Å². The van der Waals surface area contributed by atoms with E-state index in [0.29, 0.717) is 11.5 Å². The van der Waals surface area contributed by atoms with Crippen molar-refractivity contribution in [1.82, 2.24) is 5.32 Å². The van der Waals surface area contributed by atoms with Crippen LogP contribution in [0.1, 0.15) is 25.3 Å². The first-order valence-electron chi connectivity index (χ1n) is 5.69. The van der Waals surface area contributed by atoms with Gasteiger partial charge in [-0.1, -0.05) is 29.3 Å². The van der Waals surface area contributed by atoms with Crippen molar-refractivity contribution in [2.75, 3.05) is 7.05 Å². The van der Waals surface area contributed by atoms with Crippen molar-refractivity contribution < 1.29 is 0 Å². The Morgan fingerprint density at radius 1 is 1.31 bits per heavy atom. The van der Waals surface area contributed by atoms with Crippen LogP contribution in [0.15, 0.2) is 18.2 Å². The molecule has 0 spiro atoms. The number of benzene rings is 1. The Balaban J connectivity index is 2.21. The third-order valence-corrected chi connectivity index (χ3v) is 4.54. The van der Waals surface area contributed by atoms with Gasteiger partial charge in [-0.2, -0.15) is 0 Å². The van der Waals surface area contributed by atoms with Gasteiger partial charge in [-0.3, -0.25) is 0 Å². The maximum absolute atomic E-state index is 6.21. The average molecular weight is 258 g/mol. The first kappa shape index (κ1) is 12.2. The molecule has 0 saturated heterocycles. The highest BCUT2D eigenvalue weighted by Gasteiger charge is 2.47. The van der Waals surface area contributed by atoms with Crippen LogP contribution in [0.5, 0.6) is 0 Å². The molecule has 1 fully saturated rings. The minimum Gasteiger partial charge on any atom is -0.317 e. The molecule has 1 aromatic carbocycles. The fraction of sp³-hybridized carbons (Fsp3) is 0.538. The molecule has 1 unspecified atom stereocenters. The van der Waals surface area contributed by atoms with Gasteiger partial charge in [-0.15, -0.1) is 0 Å². The molecule has 1 nitrogen and oxygen atoms in total. The Morgan fingerprint density at radius 3 is 2.31 bits per heavy atom. The lowest BCUT2D eigenvalue weighted by atomic mass is 9.90. The molecular formula is C13H17Cl2N. The summed E-state index contributed by atoms with van der Waals surface area (Å²) in [5.74, 6) is 0. The average Bonchev–Trinajstić information content (AvgIpc) is 3.04. The van der Waals surface area contributed by atoms with E-state index in [1.54, 1.807) is 0 Å². The Labute approximate surface area is 107 Å². The summed E-state index contributed by atoms with van der Waals surface area (Å²) in [5.41, 5.74) is 1.47. The molecule has 1 saturated carbocycles. The Morgan fingerprint density at radius 2 is 1.88 bits per heavy atom. The minimum absolute atomic E-state index is 0.364. The molecule has 1 aliphatic rings. The minimum atomic E-state index is 0.364. The van der Waals surface area contributed by atoms with E-state index >= 15 is 0 Å². The van der Waals surface area contributed by atoms with Gasteiger partial charge in [0.1, 0.15) is 0 Å². The quantitative estimate of drug-likeness (QED) is 0.863. The summed E-state index contributed by atoms with van der Waals surface area (Å²) in [6, 6.07) is 6.25. The van der Waals surface area contributed by atoms with Crippen LogP contribution in [-0.2, 0) is 6.42 Å². The summed E-state index contributed by atoms with van der Waals surface area (Å²) in [4.78, 5) is 0. The number of rotatable bonds is 4. The first-order valence-corrected chi connectivity index (χ1v) is 6.45. The van der Waals surface area contributed by atoms with Crippen molar-refractivity contribution in [2.45, 2.75) is 32.2 Å². The van der Waals surface area contributed by atoms with Gasteiger partial charge in [0.15, 0.2) is 0 Å². The fourth-order valence-corrected chi connectivity index (χ4v) is 2.81. The lowest BCUT2D eigenvalue weighted by Gasteiger charge is -2.24. The van der Waals surface area contributed by atoms with E-state index in [-0.39, 0.29) is 0 Å². The van der Waals surface area contributed by atoms with E-state index in [1.807, 2.05) is 25.2 Å². The van der Waals surface area contributed by atoms with Crippen LogP contribution < -0.4 is 5.32 Å². The van der Waals surface area contributed by atoms with Gasteiger partial charge in [0.2, 0.25) is 0 Å². The molecule has 0 bridgehead atoms. The largest absolute Gasteiger partial charge is 0.317 e. The van der Waals surface area contributed by atoms with Crippen LogP contribution in [0.4, 0.5) is 0 Å². The van der Waals surface area contributed by atoms with E-state index in [4.69, 9.17) is 23.2 Å². The van der Waals surface area contributed by atoms with Crippen LogP contribution in [0.25, 0.3) is 0 Å². The number of hydrogen-bond acceptors (Lipinski definition) is 1. The third kappa shape index (κ3) is 2.22. The smallest absolute Gasteiger partial charge is 0.0453 e. The van der Waals surface area contributed by atoms with Gasteiger partial charge in [0, 0.05) is 16.1 Å². The number of nitrogens with one attached hydrogen (secondary N) is 1. The predicted octanol–water partition coefficient (Wildman–Crippen LogP) is 3.92. The standard InChI is InChI=1S/C13H17Cl2N/c1-9(16-2)13(6-7-13)8-10-11(14)4-3-5-12(10)15/h3-5,9,16H,6-8H2,1-2H3. The van der Waals surface area contributed by atoms with Crippen molar-refractivity contribution in [3.05, 3.63) is 33.8 Å². The summed E-state index contributed by atoms with van der Waals surface area (Å²) < 4.78 is 0. The molecule has 1 atom stereocenters. The van der Waals surface area contributed by atoms with E-state index < -0.39 is 0 Å². The number of hydrogen-bond donors (Lipinski definition) is 1. The van der Waals surface area contributed by atoms with Gasteiger partial charge < -0.3 is 5.32 Å². The summed E-state index contributed by atoms with van der Waals surface area (Å²) in [6.07, 6.45) is 3.50. The van der Waals surface area contributed by atoms with Gasteiger partial charge in [0.05, 0.1) is 0 Å². The SMILES string of the molecule is CNC(C)C1(Cc2c(Cl)cccc2Cl)CC1.